The van der Waals surface area contributed by atoms with Gasteiger partial charge in [-0.25, -0.2) is 9.78 Å². The normalized spacial score (nSPS) is 11.2. The molecule has 0 radical (unpaired) electrons. The third-order valence-electron chi connectivity index (χ3n) is 4.96. The minimum absolute atomic E-state index is 0.0994. The third kappa shape index (κ3) is 4.88. The lowest BCUT2D eigenvalue weighted by Crippen LogP contribution is -2.40. The van der Waals surface area contributed by atoms with Crippen molar-refractivity contribution in [1.29, 1.82) is 0 Å². The minimum atomic E-state index is -0.501. The summed E-state index contributed by atoms with van der Waals surface area (Å²) in [5.74, 6) is 0.145. The Morgan fingerprint density at radius 1 is 1.19 bits per heavy atom. The summed E-state index contributed by atoms with van der Waals surface area (Å²) in [7, 11) is 1.55. The second kappa shape index (κ2) is 9.93. The number of aliphatic hydroxyl groups is 1. The second-order valence-corrected chi connectivity index (χ2v) is 7.53. The van der Waals surface area contributed by atoms with E-state index in [1.54, 1.807) is 30.7 Å². The van der Waals surface area contributed by atoms with Crippen LogP contribution in [0.3, 0.4) is 0 Å². The molecule has 0 aliphatic heterocycles. The fourth-order valence-electron chi connectivity index (χ4n) is 3.42. The van der Waals surface area contributed by atoms with Gasteiger partial charge in [0.15, 0.2) is 11.2 Å². The van der Waals surface area contributed by atoms with Crippen molar-refractivity contribution < 1.29 is 14.6 Å². The molecule has 31 heavy (non-hydrogen) atoms. The Morgan fingerprint density at radius 2 is 1.90 bits per heavy atom. The maximum atomic E-state index is 13.2. The van der Waals surface area contributed by atoms with E-state index in [1.165, 1.54) is 4.57 Å². The lowest BCUT2D eigenvalue weighted by molar-refractivity contribution is -0.143. The number of esters is 1. The Labute approximate surface area is 183 Å². The van der Waals surface area contributed by atoms with Crippen molar-refractivity contribution in [3.63, 3.8) is 0 Å². The largest absolute Gasteiger partial charge is 0.466 e. The number of benzene rings is 1. The fourth-order valence-corrected chi connectivity index (χ4v) is 3.55. The molecule has 0 aliphatic carbocycles. The summed E-state index contributed by atoms with van der Waals surface area (Å²) in [6.07, 6.45) is 0.636. The zero-order valence-electron chi connectivity index (χ0n) is 17.5. The van der Waals surface area contributed by atoms with Gasteiger partial charge in [0.05, 0.1) is 13.0 Å². The molecule has 0 amide bonds. The first kappa shape index (κ1) is 22.8. The van der Waals surface area contributed by atoms with E-state index in [9.17, 15) is 14.4 Å². The van der Waals surface area contributed by atoms with Gasteiger partial charge < -0.3 is 14.4 Å². The van der Waals surface area contributed by atoms with E-state index in [0.717, 1.165) is 10.1 Å². The molecule has 0 unspecified atom stereocenters. The van der Waals surface area contributed by atoms with Gasteiger partial charge in [-0.05, 0) is 31.0 Å². The van der Waals surface area contributed by atoms with Crippen LogP contribution in [0.15, 0.2) is 33.9 Å². The first-order chi connectivity index (χ1) is 14.9. The lowest BCUT2D eigenvalue weighted by atomic mass is 10.2. The quantitative estimate of drug-likeness (QED) is 0.497. The van der Waals surface area contributed by atoms with Gasteiger partial charge in [0.1, 0.15) is 5.82 Å². The number of hydrogen-bond acceptors (Lipinski definition) is 6. The van der Waals surface area contributed by atoms with Gasteiger partial charge in [-0.15, -0.1) is 0 Å². The topological polar surface area (TPSA) is 108 Å². The van der Waals surface area contributed by atoms with E-state index in [0.29, 0.717) is 17.4 Å². The number of hydrogen-bond donors (Lipinski definition) is 1. The third-order valence-corrected chi connectivity index (χ3v) is 5.22. The van der Waals surface area contributed by atoms with Crippen LogP contribution in [-0.4, -0.2) is 43.0 Å². The number of carbonyl (C=O) groups excluding carboxylic acids is 1. The summed E-state index contributed by atoms with van der Waals surface area (Å²) in [4.78, 5) is 42.3. The van der Waals surface area contributed by atoms with Crippen LogP contribution in [0.2, 0.25) is 5.02 Å². The number of fused-ring (bicyclic) bond motifs is 1. The monoisotopic (exact) mass is 448 g/mol. The molecule has 0 aliphatic rings. The molecule has 3 aromatic rings. The van der Waals surface area contributed by atoms with Gasteiger partial charge >= 0.3 is 11.7 Å². The molecule has 0 saturated carbocycles. The van der Waals surface area contributed by atoms with E-state index in [-0.39, 0.29) is 56.2 Å². The first-order valence-corrected chi connectivity index (χ1v) is 10.4. The standard InChI is InChI=1S/C21H25ClN4O5/c1-3-31-17(28)10-9-16-23-19-18(26(16)13-14-5-7-15(22)8-6-14)20(29)25(11-4-12-27)21(30)24(19)2/h5-8,27H,3-4,9-13H2,1-2H3. The number of carbonyl (C=O) groups is 1. The maximum Gasteiger partial charge on any atom is 0.332 e. The lowest BCUT2D eigenvalue weighted by Gasteiger charge is -2.11. The van der Waals surface area contributed by atoms with Crippen LogP contribution in [0.4, 0.5) is 0 Å². The number of halogens is 1. The first-order valence-electron chi connectivity index (χ1n) is 10.1. The molecule has 1 N–H and O–H groups in total. The molecule has 10 heteroatoms. The van der Waals surface area contributed by atoms with E-state index in [4.69, 9.17) is 21.4 Å². The van der Waals surface area contributed by atoms with Gasteiger partial charge in [0, 0.05) is 38.2 Å². The van der Waals surface area contributed by atoms with Crippen LogP contribution >= 0.6 is 11.6 Å². The van der Waals surface area contributed by atoms with Crippen molar-refractivity contribution in [2.24, 2.45) is 7.05 Å². The van der Waals surface area contributed by atoms with Crippen LogP contribution in [0, 0.1) is 0 Å². The zero-order valence-corrected chi connectivity index (χ0v) is 18.3. The van der Waals surface area contributed by atoms with Gasteiger partial charge in [0.2, 0.25) is 0 Å². The van der Waals surface area contributed by atoms with Crippen molar-refractivity contribution in [1.82, 2.24) is 18.7 Å². The second-order valence-electron chi connectivity index (χ2n) is 7.09. The Hall–Kier alpha value is -2.91. The number of rotatable bonds is 9. The molecular formula is C21H25ClN4O5. The molecule has 3 rings (SSSR count). The highest BCUT2D eigenvalue weighted by Crippen LogP contribution is 2.17. The summed E-state index contributed by atoms with van der Waals surface area (Å²) in [6.45, 7) is 2.30. The molecule has 0 bridgehead atoms. The van der Waals surface area contributed by atoms with E-state index >= 15 is 0 Å². The SMILES string of the molecule is CCOC(=O)CCc1nc2c(c(=O)n(CCCO)c(=O)n2C)n1Cc1ccc(Cl)cc1. The number of aromatic nitrogens is 4. The van der Waals surface area contributed by atoms with Crippen LogP contribution in [0.25, 0.3) is 11.2 Å². The number of nitrogens with zero attached hydrogens (tertiary/aromatic N) is 4. The Balaban J connectivity index is 2.16. The van der Waals surface area contributed by atoms with Gasteiger partial charge in [0.25, 0.3) is 5.56 Å². The van der Waals surface area contributed by atoms with Crippen molar-refractivity contribution in [2.45, 2.75) is 39.3 Å². The summed E-state index contributed by atoms with van der Waals surface area (Å²) in [5, 5.41) is 9.73. The summed E-state index contributed by atoms with van der Waals surface area (Å²) in [6, 6.07) is 7.19. The van der Waals surface area contributed by atoms with Gasteiger partial charge in [-0.3, -0.25) is 18.7 Å². The highest BCUT2D eigenvalue weighted by atomic mass is 35.5. The molecule has 9 nitrogen and oxygen atoms in total. The van der Waals surface area contributed by atoms with Gasteiger partial charge in [-0.1, -0.05) is 23.7 Å². The minimum Gasteiger partial charge on any atom is -0.466 e. The summed E-state index contributed by atoms with van der Waals surface area (Å²) in [5.41, 5.74) is 0.433. The van der Waals surface area contributed by atoms with Crippen molar-refractivity contribution in [2.75, 3.05) is 13.2 Å². The summed E-state index contributed by atoms with van der Waals surface area (Å²) >= 11 is 5.98. The van der Waals surface area contributed by atoms with Crippen LogP contribution < -0.4 is 11.2 Å². The van der Waals surface area contributed by atoms with Crippen LogP contribution in [0.5, 0.6) is 0 Å². The molecule has 1 aromatic carbocycles. The molecular weight excluding hydrogens is 424 g/mol. The Morgan fingerprint density at radius 3 is 2.55 bits per heavy atom. The zero-order chi connectivity index (χ0) is 22.5. The maximum absolute atomic E-state index is 13.2. The highest BCUT2D eigenvalue weighted by Gasteiger charge is 2.21. The van der Waals surface area contributed by atoms with Crippen molar-refractivity contribution >= 4 is 28.7 Å². The predicted molar refractivity (Wildman–Crippen MR) is 116 cm³/mol. The molecule has 2 aromatic heterocycles. The van der Waals surface area contributed by atoms with E-state index in [1.807, 2.05) is 12.1 Å². The van der Waals surface area contributed by atoms with E-state index in [2.05, 4.69) is 4.98 Å². The molecule has 0 saturated heterocycles. The van der Waals surface area contributed by atoms with Crippen LogP contribution in [0.1, 0.15) is 31.2 Å². The van der Waals surface area contributed by atoms with Crippen molar-refractivity contribution in [3.05, 3.63) is 61.5 Å². The summed E-state index contributed by atoms with van der Waals surface area (Å²) < 4.78 is 9.16. The average molecular weight is 449 g/mol. The average Bonchev–Trinajstić information content (AvgIpc) is 3.11. The number of aryl methyl sites for hydroxylation is 2. The number of imidazole rings is 1. The number of aliphatic hydroxyl groups excluding tert-OH is 1. The molecule has 0 fully saturated rings. The van der Waals surface area contributed by atoms with Crippen LogP contribution in [-0.2, 0) is 36.1 Å². The van der Waals surface area contributed by atoms with Gasteiger partial charge in [-0.2, -0.15) is 0 Å². The number of ether oxygens (including phenoxy) is 1. The fraction of sp³-hybridized carbons (Fsp3) is 0.429. The van der Waals surface area contributed by atoms with E-state index < -0.39 is 11.2 Å². The molecule has 0 spiro atoms. The smallest absolute Gasteiger partial charge is 0.332 e. The Bertz CT molecular complexity index is 1190. The highest BCUT2D eigenvalue weighted by molar-refractivity contribution is 6.30. The molecule has 166 valence electrons. The molecule has 2 heterocycles. The Kier molecular flexibility index (Phi) is 7.29. The predicted octanol–water partition coefficient (Wildman–Crippen LogP) is 1.48. The molecule has 0 atom stereocenters. The van der Waals surface area contributed by atoms with Crippen molar-refractivity contribution in [3.8, 4) is 0 Å².